The Hall–Kier alpha value is -4.22. The molecule has 1 aliphatic rings. The maximum absolute atomic E-state index is 13.6. The van der Waals surface area contributed by atoms with Crippen LogP contribution >= 0.6 is 0 Å². The van der Waals surface area contributed by atoms with E-state index in [9.17, 15) is 28.8 Å². The van der Waals surface area contributed by atoms with Crippen molar-refractivity contribution < 1.29 is 28.8 Å². The highest BCUT2D eigenvalue weighted by Crippen LogP contribution is 2.42. The molecule has 0 bridgehead atoms. The minimum absolute atomic E-state index is 0.118. The summed E-state index contributed by atoms with van der Waals surface area (Å²) < 4.78 is 0. The van der Waals surface area contributed by atoms with Crippen LogP contribution in [0, 0.1) is 28.1 Å². The molecule has 0 saturated carbocycles. The van der Waals surface area contributed by atoms with Crippen molar-refractivity contribution in [1.29, 1.82) is 0 Å². The average Bonchev–Trinajstić information content (AvgIpc) is 3.31. The highest BCUT2D eigenvalue weighted by atomic mass is 16.2. The number of amides is 7. The first-order chi connectivity index (χ1) is 25.3. The van der Waals surface area contributed by atoms with Crippen LogP contribution in [0.3, 0.4) is 0 Å². The number of carbonyl (C=O) groups excluding carboxylic acids is 6. The predicted octanol–water partition coefficient (Wildman–Crippen LogP) is 6.63. The van der Waals surface area contributed by atoms with E-state index in [0.29, 0.717) is 42.6 Å². The number of nitrogens with one attached hydrogen (secondary N) is 4. The Kier molecular flexibility index (Phi) is 17.1. The number of nitrogens with zero attached hydrogens (tertiary/aromatic N) is 1. The maximum Gasteiger partial charge on any atom is 0.312 e. The zero-order chi connectivity index (χ0) is 41.9. The first-order valence-electron chi connectivity index (χ1n) is 20.0. The Morgan fingerprint density at radius 1 is 0.727 bits per heavy atom. The van der Waals surface area contributed by atoms with Gasteiger partial charge in [0.05, 0.1) is 0 Å². The van der Waals surface area contributed by atoms with Gasteiger partial charge < -0.3 is 27.0 Å². The fourth-order valence-electron chi connectivity index (χ4n) is 6.82. The van der Waals surface area contributed by atoms with E-state index < -0.39 is 40.8 Å². The van der Waals surface area contributed by atoms with Crippen LogP contribution in [0.25, 0.3) is 0 Å². The van der Waals surface area contributed by atoms with Crippen LogP contribution in [0.4, 0.5) is 10.5 Å². The largest absolute Gasteiger partial charge is 0.352 e. The first kappa shape index (κ1) is 46.9. The van der Waals surface area contributed by atoms with Gasteiger partial charge in [0, 0.05) is 36.3 Å². The molecule has 308 valence electrons. The van der Waals surface area contributed by atoms with E-state index in [4.69, 9.17) is 5.73 Å². The van der Waals surface area contributed by atoms with Crippen LogP contribution in [0.2, 0.25) is 0 Å². The molecule has 12 heteroatoms. The van der Waals surface area contributed by atoms with E-state index in [-0.39, 0.29) is 54.4 Å². The van der Waals surface area contributed by atoms with Gasteiger partial charge in [0.25, 0.3) is 11.8 Å². The molecule has 2 unspecified atom stereocenters. The van der Waals surface area contributed by atoms with Gasteiger partial charge in [-0.2, -0.15) is 0 Å². The van der Waals surface area contributed by atoms with Gasteiger partial charge in [-0.15, -0.1) is 0 Å². The topological polar surface area (TPSA) is 180 Å². The molecule has 7 amide bonds. The number of urea groups is 1. The molecule has 0 saturated heterocycles. The molecule has 12 nitrogen and oxygen atoms in total. The molecule has 0 spiro atoms. The standard InChI is InChI=1S/C43H70N6O6/c1-27(2)35(37(52)47-31(17-15-24-45-40(44)55)36(51)46-30-21-19-29(20-22-30)26-41(4,5)6)48-32(50)18-14-13-16-28(3)23-25-49-38(53)33(42(7,8)9)34(39(49)54)43(10,11)12/h19-22,27-28,31,35H,13-18,23-26H2,1-12H3,(H,46,51)(H,47,52)(H,48,50)(H3,44,45,55)/t28?,31-,35?/m0/s1. The zero-order valence-electron chi connectivity index (χ0n) is 35.7. The van der Waals surface area contributed by atoms with Gasteiger partial charge in [0.1, 0.15) is 12.1 Å². The Labute approximate surface area is 330 Å². The van der Waals surface area contributed by atoms with Gasteiger partial charge in [-0.25, -0.2) is 4.79 Å². The summed E-state index contributed by atoms with van der Waals surface area (Å²) in [4.78, 5) is 79.4. The Bertz CT molecular complexity index is 1510. The normalized spacial score (nSPS) is 15.5. The molecule has 1 aromatic carbocycles. The lowest BCUT2D eigenvalue weighted by Crippen LogP contribution is -2.54. The third-order valence-corrected chi connectivity index (χ3v) is 9.69. The number of imide groups is 1. The maximum atomic E-state index is 13.6. The van der Waals surface area contributed by atoms with Gasteiger partial charge >= 0.3 is 6.03 Å². The van der Waals surface area contributed by atoms with E-state index in [2.05, 4.69) is 49.0 Å². The van der Waals surface area contributed by atoms with Gasteiger partial charge in [-0.1, -0.05) is 108 Å². The van der Waals surface area contributed by atoms with Crippen LogP contribution in [0.5, 0.6) is 0 Å². The van der Waals surface area contributed by atoms with Crippen molar-refractivity contribution in [2.75, 3.05) is 18.4 Å². The van der Waals surface area contributed by atoms with Gasteiger partial charge in [0.2, 0.25) is 17.7 Å². The van der Waals surface area contributed by atoms with Gasteiger partial charge in [0.15, 0.2) is 0 Å². The second-order valence-electron chi connectivity index (χ2n) is 18.9. The highest BCUT2D eigenvalue weighted by Gasteiger charge is 2.46. The number of nitrogens with two attached hydrogens (primary N) is 1. The SMILES string of the molecule is CC(CCCCC(=O)NC(C(=O)N[C@@H](CCCNC(N)=O)C(=O)Nc1ccc(CC(C)(C)C)cc1)C(C)C)CCN1C(=O)C(C(C)(C)C)=C(C(C)(C)C)C1=O. The first-order valence-corrected chi connectivity index (χ1v) is 20.0. The monoisotopic (exact) mass is 767 g/mol. The van der Waals surface area contributed by atoms with Crippen molar-refractivity contribution in [3.63, 3.8) is 0 Å². The number of primary amides is 1. The third-order valence-electron chi connectivity index (χ3n) is 9.69. The van der Waals surface area contributed by atoms with E-state index >= 15 is 0 Å². The summed E-state index contributed by atoms with van der Waals surface area (Å²) in [5, 5.41) is 11.1. The highest BCUT2D eigenvalue weighted by molar-refractivity contribution is 6.20. The second-order valence-corrected chi connectivity index (χ2v) is 18.9. The van der Waals surface area contributed by atoms with Crippen LogP contribution in [-0.2, 0) is 30.4 Å². The van der Waals surface area contributed by atoms with E-state index in [1.807, 2.05) is 79.7 Å². The molecule has 6 N–H and O–H groups in total. The number of unbranched alkanes of at least 4 members (excludes halogenated alkanes) is 1. The number of anilines is 1. The lowest BCUT2D eigenvalue weighted by molar-refractivity contribution is -0.138. The predicted molar refractivity (Wildman–Crippen MR) is 219 cm³/mol. The molecule has 0 fully saturated rings. The molecule has 55 heavy (non-hydrogen) atoms. The fourth-order valence-corrected chi connectivity index (χ4v) is 6.82. The lowest BCUT2D eigenvalue weighted by Gasteiger charge is -2.25. The number of benzene rings is 1. The molecule has 3 atom stereocenters. The van der Waals surface area contributed by atoms with Crippen LogP contribution in [-0.4, -0.2) is 65.6 Å². The molecule has 0 aliphatic carbocycles. The summed E-state index contributed by atoms with van der Waals surface area (Å²) in [7, 11) is 0. The lowest BCUT2D eigenvalue weighted by atomic mass is 9.76. The third kappa shape index (κ3) is 15.4. The number of hydrogen-bond donors (Lipinski definition) is 5. The Morgan fingerprint density at radius 2 is 1.29 bits per heavy atom. The van der Waals surface area contributed by atoms with Crippen LogP contribution < -0.4 is 27.0 Å². The quantitative estimate of drug-likeness (QED) is 0.0779. The smallest absolute Gasteiger partial charge is 0.312 e. The molecule has 1 aromatic rings. The minimum atomic E-state index is -0.918. The van der Waals surface area contributed by atoms with Gasteiger partial charge in [-0.05, 0) is 77.9 Å². The second kappa shape index (κ2) is 20.1. The Morgan fingerprint density at radius 3 is 1.78 bits per heavy atom. The average molecular weight is 767 g/mol. The number of hydrogen-bond acceptors (Lipinski definition) is 6. The van der Waals surface area contributed by atoms with Crippen LogP contribution in [0.1, 0.15) is 134 Å². The fraction of sp³-hybridized carbons (Fsp3) is 0.674. The molecule has 0 radical (unpaired) electrons. The zero-order valence-corrected chi connectivity index (χ0v) is 35.7. The summed E-state index contributed by atoms with van der Waals surface area (Å²) in [6.07, 6.45) is 4.62. The summed E-state index contributed by atoms with van der Waals surface area (Å²) in [6.45, 7) is 24.6. The minimum Gasteiger partial charge on any atom is -0.352 e. The van der Waals surface area contributed by atoms with E-state index in [1.165, 1.54) is 4.90 Å². The molecular weight excluding hydrogens is 697 g/mol. The Balaban J connectivity index is 1.94. The van der Waals surface area contributed by atoms with Gasteiger partial charge in [-0.3, -0.25) is 28.9 Å². The van der Waals surface area contributed by atoms with Crippen molar-refractivity contribution in [2.24, 2.45) is 33.8 Å². The number of carbonyl (C=O) groups is 6. The van der Waals surface area contributed by atoms with Crippen molar-refractivity contribution in [3.8, 4) is 0 Å². The molecule has 1 heterocycles. The van der Waals surface area contributed by atoms with Crippen molar-refractivity contribution >= 4 is 41.3 Å². The number of rotatable bonds is 19. The summed E-state index contributed by atoms with van der Waals surface area (Å²) in [6, 6.07) is 5.16. The molecular formula is C43H70N6O6. The summed E-state index contributed by atoms with van der Waals surface area (Å²) in [5.41, 5.74) is 7.38. The molecule has 0 aromatic heterocycles. The van der Waals surface area contributed by atoms with E-state index in [1.54, 1.807) is 0 Å². The summed E-state index contributed by atoms with van der Waals surface area (Å²) >= 11 is 0. The van der Waals surface area contributed by atoms with Crippen molar-refractivity contribution in [2.45, 2.75) is 147 Å². The van der Waals surface area contributed by atoms with Crippen LogP contribution in [0.15, 0.2) is 35.4 Å². The summed E-state index contributed by atoms with van der Waals surface area (Å²) in [5.74, 6) is -1.53. The molecule has 1 aliphatic heterocycles. The molecule has 2 rings (SSSR count). The van der Waals surface area contributed by atoms with E-state index in [0.717, 1.165) is 24.8 Å². The van der Waals surface area contributed by atoms with Crippen molar-refractivity contribution in [3.05, 3.63) is 41.0 Å². The van der Waals surface area contributed by atoms with Crippen molar-refractivity contribution in [1.82, 2.24) is 20.9 Å².